The van der Waals surface area contributed by atoms with Crippen LogP contribution in [0, 0.1) is 0 Å². The number of methoxy groups -OCH3 is 4. The minimum Gasteiger partial charge on any atom is -0.497 e. The van der Waals surface area contributed by atoms with Gasteiger partial charge in [0.1, 0.15) is 41.0 Å². The van der Waals surface area contributed by atoms with Crippen molar-refractivity contribution < 1.29 is 42.7 Å². The molecule has 3 aromatic carbocycles. The summed E-state index contributed by atoms with van der Waals surface area (Å²) in [6.07, 6.45) is 2.61. The van der Waals surface area contributed by atoms with Crippen LogP contribution < -0.4 is 23.7 Å². The van der Waals surface area contributed by atoms with E-state index < -0.39 is 11.7 Å². The number of hydrogen-bond donors (Lipinski definition) is 0. The normalized spacial score (nSPS) is 14.5. The largest absolute Gasteiger partial charge is 0.497 e. The first-order chi connectivity index (χ1) is 25.0. The average molecular weight is 717 g/mol. The summed E-state index contributed by atoms with van der Waals surface area (Å²) in [4.78, 5) is 31.6. The first-order valence-corrected chi connectivity index (χ1v) is 17.8. The lowest BCUT2D eigenvalue weighted by Gasteiger charge is -2.34. The predicted molar refractivity (Wildman–Crippen MR) is 198 cm³/mol. The van der Waals surface area contributed by atoms with Crippen LogP contribution >= 0.6 is 0 Å². The molecule has 0 aromatic heterocycles. The van der Waals surface area contributed by atoms with Crippen molar-refractivity contribution in [3.63, 3.8) is 0 Å². The smallest absolute Gasteiger partial charge is 0.410 e. The van der Waals surface area contributed by atoms with Crippen molar-refractivity contribution in [2.75, 3.05) is 54.7 Å². The van der Waals surface area contributed by atoms with Crippen LogP contribution in [0.4, 0.5) is 4.79 Å². The number of benzene rings is 3. The van der Waals surface area contributed by atoms with Gasteiger partial charge in [0.05, 0.1) is 34.5 Å². The highest BCUT2D eigenvalue weighted by Gasteiger charge is 2.38. The van der Waals surface area contributed by atoms with Gasteiger partial charge in [0, 0.05) is 57.0 Å². The Bertz CT molecular complexity index is 1710. The summed E-state index contributed by atoms with van der Waals surface area (Å²) in [5.41, 5.74) is 3.45. The highest BCUT2D eigenvalue weighted by Crippen LogP contribution is 2.36. The molecule has 2 aliphatic rings. The summed E-state index contributed by atoms with van der Waals surface area (Å²) in [5.74, 6) is 3.23. The molecule has 11 heteroatoms. The van der Waals surface area contributed by atoms with E-state index in [-0.39, 0.29) is 18.5 Å². The SMILES string of the molecule is COCCCOc1cc(CN(C(=O)C2=C(c3cccc(OCc4cc(OC)cc(OC)c4)c3)CCN(C(=O)OC(C)(C)C)C2)C2CC2)cc(OC)c1. The third-order valence-electron chi connectivity index (χ3n) is 8.79. The number of carbonyl (C=O) groups excluding carboxylic acids is 2. The summed E-state index contributed by atoms with van der Waals surface area (Å²) >= 11 is 0. The number of nitrogens with zero attached hydrogens (tertiary/aromatic N) is 2. The number of carbonyl (C=O) groups is 2. The third-order valence-corrected chi connectivity index (χ3v) is 8.79. The molecule has 1 heterocycles. The average Bonchev–Trinajstić information content (AvgIpc) is 3.99. The van der Waals surface area contributed by atoms with Crippen molar-refractivity contribution >= 4 is 17.6 Å². The van der Waals surface area contributed by atoms with Crippen LogP contribution in [0.1, 0.15) is 63.1 Å². The number of rotatable bonds is 16. The van der Waals surface area contributed by atoms with Gasteiger partial charge in [0.15, 0.2) is 0 Å². The maximum Gasteiger partial charge on any atom is 0.410 e. The van der Waals surface area contributed by atoms with E-state index in [0.717, 1.165) is 41.5 Å². The Balaban J connectivity index is 1.45. The Morgan fingerprint density at radius 2 is 1.44 bits per heavy atom. The molecular formula is C41H52N2O9. The van der Waals surface area contributed by atoms with Crippen LogP contribution in [0.3, 0.4) is 0 Å². The summed E-state index contributed by atoms with van der Waals surface area (Å²) in [7, 11) is 6.51. The van der Waals surface area contributed by atoms with E-state index in [2.05, 4.69) is 0 Å². The summed E-state index contributed by atoms with van der Waals surface area (Å²) in [5, 5.41) is 0. The lowest BCUT2D eigenvalue weighted by molar-refractivity contribution is -0.128. The van der Waals surface area contributed by atoms with E-state index in [1.807, 2.05) is 86.3 Å². The second-order valence-electron chi connectivity index (χ2n) is 14.0. The topological polar surface area (TPSA) is 105 Å². The minimum absolute atomic E-state index is 0.0879. The van der Waals surface area contributed by atoms with Crippen LogP contribution in [0.25, 0.3) is 5.57 Å². The van der Waals surface area contributed by atoms with E-state index in [1.54, 1.807) is 33.3 Å². The first-order valence-electron chi connectivity index (χ1n) is 17.8. The quantitative estimate of drug-likeness (QED) is 0.141. The lowest BCUT2D eigenvalue weighted by atomic mass is 9.92. The van der Waals surface area contributed by atoms with E-state index in [1.165, 1.54) is 0 Å². The zero-order chi connectivity index (χ0) is 37.3. The first kappa shape index (κ1) is 38.3. The van der Waals surface area contributed by atoms with Gasteiger partial charge in [-0.3, -0.25) is 4.79 Å². The maximum atomic E-state index is 14.8. The van der Waals surface area contributed by atoms with Crippen LogP contribution in [-0.2, 0) is 27.4 Å². The fourth-order valence-corrected chi connectivity index (χ4v) is 6.09. The van der Waals surface area contributed by atoms with Gasteiger partial charge in [-0.25, -0.2) is 4.79 Å². The second kappa shape index (κ2) is 17.5. The highest BCUT2D eigenvalue weighted by atomic mass is 16.6. The Kier molecular flexibility index (Phi) is 12.9. The highest BCUT2D eigenvalue weighted by molar-refractivity contribution is 6.03. The molecule has 0 atom stereocenters. The van der Waals surface area contributed by atoms with Crippen molar-refractivity contribution in [3.05, 3.63) is 82.9 Å². The predicted octanol–water partition coefficient (Wildman–Crippen LogP) is 7.29. The molecule has 0 spiro atoms. The molecule has 52 heavy (non-hydrogen) atoms. The van der Waals surface area contributed by atoms with Crippen molar-refractivity contribution in [2.24, 2.45) is 0 Å². The fraction of sp³-hybridized carbons (Fsp3) is 0.463. The maximum absolute atomic E-state index is 14.8. The van der Waals surface area contributed by atoms with Gasteiger partial charge in [-0.15, -0.1) is 0 Å². The standard InChI is InChI=1S/C41H52N2O9/c1-41(2,3)52-40(45)42-15-14-37(30-10-8-11-32(22-30)51-27-29-20-34(48-6)23-35(21-29)49-7)38(26-42)39(44)43(31-12-13-31)25-28-18-33(47-5)24-36(19-28)50-17-9-16-46-4/h8,10-11,18-24,31H,9,12-17,25-27H2,1-7H3. The molecule has 5 rings (SSSR count). The summed E-state index contributed by atoms with van der Waals surface area (Å²) < 4.78 is 39.6. The molecule has 11 nitrogen and oxygen atoms in total. The minimum atomic E-state index is -0.667. The molecule has 0 bridgehead atoms. The molecular weight excluding hydrogens is 664 g/mol. The molecule has 1 saturated carbocycles. The van der Waals surface area contributed by atoms with E-state index in [4.69, 9.17) is 33.2 Å². The number of amides is 2. The van der Waals surface area contributed by atoms with Crippen LogP contribution in [0.2, 0.25) is 0 Å². The summed E-state index contributed by atoms with van der Waals surface area (Å²) in [6.45, 7) is 7.83. The van der Waals surface area contributed by atoms with Crippen LogP contribution in [0.15, 0.2) is 66.2 Å². The molecule has 1 fully saturated rings. The molecule has 1 aliphatic heterocycles. The van der Waals surface area contributed by atoms with Gasteiger partial charge in [0.2, 0.25) is 0 Å². The van der Waals surface area contributed by atoms with Crippen molar-refractivity contribution in [2.45, 2.75) is 71.2 Å². The zero-order valence-electron chi connectivity index (χ0n) is 31.5. The van der Waals surface area contributed by atoms with Crippen molar-refractivity contribution in [1.29, 1.82) is 0 Å². The molecule has 0 unspecified atom stereocenters. The van der Waals surface area contributed by atoms with Gasteiger partial charge in [-0.2, -0.15) is 0 Å². The number of ether oxygens (including phenoxy) is 7. The molecule has 0 N–H and O–H groups in total. The Labute approximate surface area is 307 Å². The molecule has 0 radical (unpaired) electrons. The molecule has 2 amide bonds. The monoisotopic (exact) mass is 716 g/mol. The van der Waals surface area contributed by atoms with Gasteiger partial charge < -0.3 is 43.0 Å². The molecule has 1 aliphatic carbocycles. The fourth-order valence-electron chi connectivity index (χ4n) is 6.09. The molecule has 0 saturated heterocycles. The van der Waals surface area contributed by atoms with Crippen molar-refractivity contribution in [3.8, 4) is 28.7 Å². The van der Waals surface area contributed by atoms with Crippen LogP contribution in [0.5, 0.6) is 28.7 Å². The third kappa shape index (κ3) is 10.6. The van der Waals surface area contributed by atoms with Gasteiger partial charge in [-0.1, -0.05) is 12.1 Å². The molecule has 280 valence electrons. The Morgan fingerprint density at radius 3 is 2.08 bits per heavy atom. The van der Waals surface area contributed by atoms with Crippen LogP contribution in [-0.4, -0.2) is 88.2 Å². The van der Waals surface area contributed by atoms with E-state index in [0.29, 0.717) is 73.7 Å². The Morgan fingerprint density at radius 1 is 0.788 bits per heavy atom. The van der Waals surface area contributed by atoms with Gasteiger partial charge in [-0.05, 0) is 98.7 Å². The van der Waals surface area contributed by atoms with Gasteiger partial charge >= 0.3 is 6.09 Å². The molecule has 3 aromatic rings. The van der Waals surface area contributed by atoms with E-state index >= 15 is 0 Å². The zero-order valence-corrected chi connectivity index (χ0v) is 31.5. The second-order valence-corrected chi connectivity index (χ2v) is 14.0. The summed E-state index contributed by atoms with van der Waals surface area (Å²) in [6, 6.07) is 19.2. The number of hydrogen-bond acceptors (Lipinski definition) is 9. The van der Waals surface area contributed by atoms with E-state index in [9.17, 15) is 9.59 Å². The van der Waals surface area contributed by atoms with Gasteiger partial charge in [0.25, 0.3) is 5.91 Å². The van der Waals surface area contributed by atoms with Crippen molar-refractivity contribution in [1.82, 2.24) is 9.80 Å². The Hall–Kier alpha value is -4.90. The lowest BCUT2D eigenvalue weighted by Crippen LogP contribution is -2.44.